The van der Waals surface area contributed by atoms with Gasteiger partial charge in [-0.25, -0.2) is 15.0 Å². The number of carbonyl (C=O) groups excluding carboxylic acids is 2. The molecule has 0 spiro atoms. The van der Waals surface area contributed by atoms with Gasteiger partial charge in [-0.3, -0.25) is 14.2 Å². The highest BCUT2D eigenvalue weighted by Gasteiger charge is 2.47. The van der Waals surface area contributed by atoms with Crippen molar-refractivity contribution in [3.8, 4) is 0 Å². The Labute approximate surface area is 167 Å². The molecule has 0 bridgehead atoms. The van der Waals surface area contributed by atoms with Crippen LogP contribution in [0, 0.1) is 0 Å². The molecule has 1 aliphatic rings. The van der Waals surface area contributed by atoms with Crippen LogP contribution in [0.15, 0.2) is 12.7 Å². The first-order chi connectivity index (χ1) is 13.9. The van der Waals surface area contributed by atoms with Gasteiger partial charge in [-0.15, -0.1) is 0 Å². The van der Waals surface area contributed by atoms with E-state index in [0.717, 1.165) is 12.8 Å². The third-order valence-electron chi connectivity index (χ3n) is 4.98. The van der Waals surface area contributed by atoms with E-state index < -0.39 is 30.4 Å². The number of carbonyl (C=O) groups is 2. The molecule has 1 fully saturated rings. The highest BCUT2D eigenvalue weighted by molar-refractivity contribution is 5.82. The van der Waals surface area contributed by atoms with Gasteiger partial charge in [-0.05, 0) is 12.8 Å². The second-order valence-corrected chi connectivity index (χ2v) is 7.01. The van der Waals surface area contributed by atoms with Crippen LogP contribution in [0.25, 0.3) is 11.2 Å². The summed E-state index contributed by atoms with van der Waals surface area (Å²) in [5.74, 6) is -0.102. The molecule has 0 aliphatic carbocycles. The van der Waals surface area contributed by atoms with Gasteiger partial charge in [0.25, 0.3) is 5.91 Å². The lowest BCUT2D eigenvalue weighted by molar-refractivity contribution is -0.137. The number of hydrogen-bond acceptors (Lipinski definition) is 9. The Kier molecular flexibility index (Phi) is 6.72. The van der Waals surface area contributed by atoms with Crippen molar-refractivity contribution >= 4 is 28.7 Å². The summed E-state index contributed by atoms with van der Waals surface area (Å²) >= 11 is 0. The zero-order valence-electron chi connectivity index (χ0n) is 16.2. The number of anilines is 1. The predicted octanol–water partition coefficient (Wildman–Crippen LogP) is -0.317. The Morgan fingerprint density at radius 3 is 2.76 bits per heavy atom. The molecular weight excluding hydrogens is 380 g/mol. The number of imidazole rings is 1. The molecule has 11 heteroatoms. The minimum atomic E-state index is -1.40. The Morgan fingerprint density at radius 1 is 1.21 bits per heavy atom. The summed E-state index contributed by atoms with van der Waals surface area (Å²) in [6, 6.07) is 0. The number of nitrogen functional groups attached to an aromatic ring is 1. The van der Waals surface area contributed by atoms with Crippen molar-refractivity contribution in [3.63, 3.8) is 0 Å². The number of aromatic nitrogens is 4. The van der Waals surface area contributed by atoms with Crippen LogP contribution in [0.5, 0.6) is 0 Å². The van der Waals surface area contributed by atoms with Gasteiger partial charge >= 0.3 is 0 Å². The Morgan fingerprint density at radius 2 is 2.00 bits per heavy atom. The number of aliphatic hydroxyl groups excluding tert-OH is 2. The summed E-state index contributed by atoms with van der Waals surface area (Å²) in [6.07, 6.45) is 1.00. The third kappa shape index (κ3) is 4.52. The zero-order chi connectivity index (χ0) is 21.0. The molecule has 3 heterocycles. The number of aliphatic hydroxyl groups is 2. The first-order valence-corrected chi connectivity index (χ1v) is 9.68. The first kappa shape index (κ1) is 21.1. The highest BCUT2D eigenvalue weighted by atomic mass is 16.6. The quantitative estimate of drug-likeness (QED) is 0.408. The van der Waals surface area contributed by atoms with Crippen molar-refractivity contribution in [2.45, 2.75) is 63.6 Å². The van der Waals surface area contributed by atoms with Crippen LogP contribution in [0.1, 0.15) is 45.3 Å². The Hall–Kier alpha value is -2.63. The summed E-state index contributed by atoms with van der Waals surface area (Å²) in [6.45, 7) is 2.23. The largest absolute Gasteiger partial charge is 0.387 e. The Bertz CT molecular complexity index is 872. The number of rotatable bonds is 9. The standard InChI is InChI=1S/C18H26N6O5/c1-2-10(25)6-4-3-5-7-20-17(28)14-12(26)13(27)18(29-14)24-9-23-11-15(19)21-8-22-16(11)24/h8-9,12-14,18,26-27H,2-7H2,1H3,(H,20,28)(H2,19,21,22)/t12-,13+,14-,18+/m0/s1. The molecular formula is C18H26N6O5. The second kappa shape index (κ2) is 9.25. The summed E-state index contributed by atoms with van der Waals surface area (Å²) in [5.41, 5.74) is 6.43. The van der Waals surface area contributed by atoms with E-state index in [4.69, 9.17) is 10.5 Å². The summed E-state index contributed by atoms with van der Waals surface area (Å²) < 4.78 is 7.05. The first-order valence-electron chi connectivity index (χ1n) is 9.68. The Balaban J connectivity index is 1.55. The van der Waals surface area contributed by atoms with E-state index in [-0.39, 0.29) is 11.6 Å². The molecule has 2 aromatic heterocycles. The van der Waals surface area contributed by atoms with Gasteiger partial charge in [0.1, 0.15) is 29.8 Å². The summed E-state index contributed by atoms with van der Waals surface area (Å²) in [5, 5.41) is 23.4. The predicted molar refractivity (Wildman–Crippen MR) is 102 cm³/mol. The van der Waals surface area contributed by atoms with Crippen LogP contribution in [0.3, 0.4) is 0 Å². The van der Waals surface area contributed by atoms with Gasteiger partial charge < -0.3 is 26.0 Å². The molecule has 1 amide bonds. The SMILES string of the molecule is CCC(=O)CCCCCNC(=O)[C@H]1O[C@@H](n2cnc3c(N)ncnc32)[C@H](O)[C@@H]1O. The number of amides is 1. The zero-order valence-corrected chi connectivity index (χ0v) is 16.2. The van der Waals surface area contributed by atoms with Gasteiger partial charge in [0.05, 0.1) is 6.33 Å². The molecule has 158 valence electrons. The van der Waals surface area contributed by atoms with Crippen molar-refractivity contribution in [2.75, 3.05) is 12.3 Å². The molecule has 0 aromatic carbocycles. The van der Waals surface area contributed by atoms with Crippen LogP contribution in [-0.4, -0.2) is 66.3 Å². The maximum atomic E-state index is 12.4. The molecule has 0 saturated carbocycles. The minimum Gasteiger partial charge on any atom is -0.387 e. The molecule has 0 unspecified atom stereocenters. The molecule has 29 heavy (non-hydrogen) atoms. The molecule has 5 N–H and O–H groups in total. The number of unbranched alkanes of at least 4 members (excludes halogenated alkanes) is 2. The van der Waals surface area contributed by atoms with E-state index >= 15 is 0 Å². The summed E-state index contributed by atoms with van der Waals surface area (Å²) in [4.78, 5) is 35.7. The average molecular weight is 406 g/mol. The lowest BCUT2D eigenvalue weighted by Crippen LogP contribution is -2.43. The van der Waals surface area contributed by atoms with Gasteiger partial charge in [-0.1, -0.05) is 13.3 Å². The van der Waals surface area contributed by atoms with Gasteiger partial charge in [0.15, 0.2) is 23.8 Å². The third-order valence-corrected chi connectivity index (χ3v) is 4.98. The molecule has 1 saturated heterocycles. The summed E-state index contributed by atoms with van der Waals surface area (Å²) in [7, 11) is 0. The molecule has 1 aliphatic heterocycles. The van der Waals surface area contributed by atoms with E-state index in [1.165, 1.54) is 17.2 Å². The van der Waals surface area contributed by atoms with Gasteiger partial charge in [-0.2, -0.15) is 0 Å². The lowest BCUT2D eigenvalue weighted by atomic mass is 10.1. The van der Waals surface area contributed by atoms with Crippen molar-refractivity contribution in [3.05, 3.63) is 12.7 Å². The molecule has 3 rings (SSSR count). The average Bonchev–Trinajstić information content (AvgIpc) is 3.26. The fraction of sp³-hybridized carbons (Fsp3) is 0.611. The number of fused-ring (bicyclic) bond motifs is 1. The second-order valence-electron chi connectivity index (χ2n) is 7.01. The number of hydrogen-bond donors (Lipinski definition) is 4. The maximum Gasteiger partial charge on any atom is 0.252 e. The molecule has 4 atom stereocenters. The molecule has 0 radical (unpaired) electrons. The van der Waals surface area contributed by atoms with E-state index in [0.29, 0.717) is 37.0 Å². The van der Waals surface area contributed by atoms with Crippen molar-refractivity contribution < 1.29 is 24.5 Å². The van der Waals surface area contributed by atoms with Gasteiger partial charge in [0, 0.05) is 19.4 Å². The number of Topliss-reactive ketones (excluding diaryl/α,β-unsaturated/α-hetero) is 1. The topological polar surface area (TPSA) is 165 Å². The maximum absolute atomic E-state index is 12.4. The van der Waals surface area contributed by atoms with Crippen LogP contribution < -0.4 is 11.1 Å². The number of nitrogens with two attached hydrogens (primary N) is 1. The van der Waals surface area contributed by atoms with Crippen LogP contribution >= 0.6 is 0 Å². The number of nitrogens with one attached hydrogen (secondary N) is 1. The van der Waals surface area contributed by atoms with Crippen LogP contribution in [-0.2, 0) is 14.3 Å². The number of ketones is 1. The normalized spacial score (nSPS) is 24.1. The van der Waals surface area contributed by atoms with Crippen LogP contribution in [0.4, 0.5) is 5.82 Å². The van der Waals surface area contributed by atoms with Crippen molar-refractivity contribution in [2.24, 2.45) is 0 Å². The van der Waals surface area contributed by atoms with E-state index in [2.05, 4.69) is 20.3 Å². The number of ether oxygens (including phenoxy) is 1. The van der Waals surface area contributed by atoms with Crippen LogP contribution in [0.2, 0.25) is 0 Å². The van der Waals surface area contributed by atoms with E-state index in [1.54, 1.807) is 0 Å². The molecule has 11 nitrogen and oxygen atoms in total. The fourth-order valence-corrected chi connectivity index (χ4v) is 3.28. The van der Waals surface area contributed by atoms with Crippen molar-refractivity contribution in [1.82, 2.24) is 24.8 Å². The fourth-order valence-electron chi connectivity index (χ4n) is 3.28. The van der Waals surface area contributed by atoms with E-state index in [9.17, 15) is 19.8 Å². The van der Waals surface area contributed by atoms with E-state index in [1.807, 2.05) is 6.92 Å². The molecule has 2 aromatic rings. The minimum absolute atomic E-state index is 0.178. The number of nitrogens with zero attached hydrogens (tertiary/aromatic N) is 4. The lowest BCUT2D eigenvalue weighted by Gasteiger charge is -2.16. The highest BCUT2D eigenvalue weighted by Crippen LogP contribution is 2.32. The van der Waals surface area contributed by atoms with Crippen molar-refractivity contribution in [1.29, 1.82) is 0 Å². The van der Waals surface area contributed by atoms with Gasteiger partial charge in [0.2, 0.25) is 0 Å². The monoisotopic (exact) mass is 406 g/mol. The smallest absolute Gasteiger partial charge is 0.252 e.